The van der Waals surface area contributed by atoms with Crippen LogP contribution in [0.15, 0.2) is 0 Å². The van der Waals surface area contributed by atoms with Gasteiger partial charge in [0.2, 0.25) is 0 Å². The highest BCUT2D eigenvalue weighted by atomic mass is 16.6. The average Bonchev–Trinajstić information content (AvgIpc) is 3.25. The fourth-order valence-electron chi connectivity index (χ4n) is 8.10. The highest BCUT2D eigenvalue weighted by Crippen LogP contribution is 2.18. The number of ether oxygens (including phenoxy) is 3. The number of hydrogen-bond acceptors (Lipinski definition) is 6. The van der Waals surface area contributed by atoms with E-state index in [1.807, 2.05) is 0 Å². The van der Waals surface area contributed by atoms with Crippen molar-refractivity contribution in [1.82, 2.24) is 0 Å². The SMILES string of the molecule is CCCCCCCCCCCCC(=O)OC[C@H](COC(=O)CCCCCCCCCCCCCCCCC(C)CC)OC(=O)CCCCCCCCCCCCC(C)CC. The van der Waals surface area contributed by atoms with Gasteiger partial charge in [-0.05, 0) is 31.1 Å². The van der Waals surface area contributed by atoms with Crippen molar-refractivity contribution in [1.29, 1.82) is 0 Å². The zero-order chi connectivity index (χ0) is 44.0. The second kappa shape index (κ2) is 46.9. The van der Waals surface area contributed by atoms with Crippen molar-refractivity contribution in [2.24, 2.45) is 11.8 Å². The van der Waals surface area contributed by atoms with Gasteiger partial charge in [0.15, 0.2) is 6.10 Å². The zero-order valence-corrected chi connectivity index (χ0v) is 41.1. The fourth-order valence-corrected chi connectivity index (χ4v) is 8.10. The van der Waals surface area contributed by atoms with Crippen LogP contribution in [0.4, 0.5) is 0 Å². The summed E-state index contributed by atoms with van der Waals surface area (Å²) in [4.78, 5) is 37.9. The molecule has 0 heterocycles. The van der Waals surface area contributed by atoms with Crippen LogP contribution in [0.3, 0.4) is 0 Å². The Kier molecular flexibility index (Phi) is 45.7. The van der Waals surface area contributed by atoms with Gasteiger partial charge in [0.05, 0.1) is 0 Å². The maximum Gasteiger partial charge on any atom is 0.306 e. The molecule has 6 heteroatoms. The van der Waals surface area contributed by atoms with Crippen LogP contribution in [0.25, 0.3) is 0 Å². The van der Waals surface area contributed by atoms with Gasteiger partial charge < -0.3 is 14.2 Å². The maximum absolute atomic E-state index is 12.8. The molecule has 0 aromatic carbocycles. The van der Waals surface area contributed by atoms with Crippen molar-refractivity contribution in [3.8, 4) is 0 Å². The van der Waals surface area contributed by atoms with Gasteiger partial charge in [-0.15, -0.1) is 0 Å². The van der Waals surface area contributed by atoms with Crippen molar-refractivity contribution in [2.45, 2.75) is 304 Å². The molecule has 0 N–H and O–H groups in total. The minimum absolute atomic E-state index is 0.0635. The molecule has 6 nitrogen and oxygen atoms in total. The maximum atomic E-state index is 12.8. The van der Waals surface area contributed by atoms with Crippen molar-refractivity contribution in [2.75, 3.05) is 13.2 Å². The standard InChI is InChI=1S/C54H104O6/c1-6-9-10-11-12-13-24-29-34-39-44-52(55)58-47-51(60-54(57)46-41-36-31-26-21-20-23-28-33-38-43-50(5)8-3)48-59-53(56)45-40-35-30-25-19-17-15-14-16-18-22-27-32-37-42-49(4)7-2/h49-51H,6-48H2,1-5H3/t49?,50?,51-/m1/s1. The topological polar surface area (TPSA) is 78.9 Å². The summed E-state index contributed by atoms with van der Waals surface area (Å²) in [6.45, 7) is 11.4. The molecule has 0 aliphatic heterocycles. The number of carbonyl (C=O) groups is 3. The van der Waals surface area contributed by atoms with Crippen LogP contribution in [0.5, 0.6) is 0 Å². The van der Waals surface area contributed by atoms with E-state index >= 15 is 0 Å². The smallest absolute Gasteiger partial charge is 0.306 e. The first-order chi connectivity index (χ1) is 29.3. The molecule has 0 rings (SSSR count). The lowest BCUT2D eigenvalue weighted by atomic mass is 9.99. The second-order valence-electron chi connectivity index (χ2n) is 19.0. The van der Waals surface area contributed by atoms with E-state index < -0.39 is 6.10 Å². The summed E-state index contributed by atoms with van der Waals surface area (Å²) in [6, 6.07) is 0. The van der Waals surface area contributed by atoms with Crippen molar-refractivity contribution >= 4 is 17.9 Å². The van der Waals surface area contributed by atoms with Crippen LogP contribution in [0.1, 0.15) is 298 Å². The number of hydrogen-bond donors (Lipinski definition) is 0. The van der Waals surface area contributed by atoms with Crippen molar-refractivity contribution < 1.29 is 28.6 Å². The van der Waals surface area contributed by atoms with Crippen LogP contribution in [-0.2, 0) is 28.6 Å². The Morgan fingerprint density at radius 1 is 0.333 bits per heavy atom. The van der Waals surface area contributed by atoms with E-state index in [-0.39, 0.29) is 31.1 Å². The molecule has 0 aromatic rings. The summed E-state index contributed by atoms with van der Waals surface area (Å²) in [5.41, 5.74) is 0. The molecular formula is C54H104O6. The van der Waals surface area contributed by atoms with E-state index in [2.05, 4.69) is 34.6 Å². The van der Waals surface area contributed by atoms with E-state index in [9.17, 15) is 14.4 Å². The normalized spacial score (nSPS) is 12.9. The van der Waals surface area contributed by atoms with Gasteiger partial charge in [0, 0.05) is 19.3 Å². The van der Waals surface area contributed by atoms with E-state index in [1.54, 1.807) is 0 Å². The lowest BCUT2D eigenvalue weighted by Gasteiger charge is -2.18. The molecule has 60 heavy (non-hydrogen) atoms. The highest BCUT2D eigenvalue weighted by Gasteiger charge is 2.19. The van der Waals surface area contributed by atoms with Crippen LogP contribution in [0, 0.1) is 11.8 Å². The molecule has 3 atom stereocenters. The highest BCUT2D eigenvalue weighted by molar-refractivity contribution is 5.71. The molecule has 0 saturated carbocycles. The first-order valence-electron chi connectivity index (χ1n) is 26.8. The van der Waals surface area contributed by atoms with Crippen molar-refractivity contribution in [3.63, 3.8) is 0 Å². The van der Waals surface area contributed by atoms with Crippen LogP contribution >= 0.6 is 0 Å². The van der Waals surface area contributed by atoms with Crippen LogP contribution in [-0.4, -0.2) is 37.2 Å². The summed E-state index contributed by atoms with van der Waals surface area (Å²) in [5, 5.41) is 0. The monoisotopic (exact) mass is 849 g/mol. The number of esters is 3. The van der Waals surface area contributed by atoms with E-state index in [0.29, 0.717) is 19.3 Å². The molecule has 0 radical (unpaired) electrons. The summed E-state index contributed by atoms with van der Waals surface area (Å²) in [7, 11) is 0. The Balaban J connectivity index is 4.27. The summed E-state index contributed by atoms with van der Waals surface area (Å²) < 4.78 is 16.8. The molecule has 0 amide bonds. The largest absolute Gasteiger partial charge is 0.462 e. The van der Waals surface area contributed by atoms with Gasteiger partial charge >= 0.3 is 17.9 Å². The molecule has 0 bridgehead atoms. The van der Waals surface area contributed by atoms with Crippen molar-refractivity contribution in [3.05, 3.63) is 0 Å². The lowest BCUT2D eigenvalue weighted by Crippen LogP contribution is -2.30. The molecule has 0 aromatic heterocycles. The first-order valence-corrected chi connectivity index (χ1v) is 26.8. The molecular weight excluding hydrogens is 745 g/mol. The molecule has 0 aliphatic rings. The first kappa shape index (κ1) is 58.4. The Bertz CT molecular complexity index is 920. The van der Waals surface area contributed by atoms with Crippen LogP contribution < -0.4 is 0 Å². The van der Waals surface area contributed by atoms with Gasteiger partial charge in [-0.1, -0.05) is 259 Å². The van der Waals surface area contributed by atoms with Gasteiger partial charge in [0.1, 0.15) is 13.2 Å². The number of unbranched alkanes of at least 4 members (excludes halogenated alkanes) is 31. The van der Waals surface area contributed by atoms with E-state index in [0.717, 1.165) is 69.6 Å². The van der Waals surface area contributed by atoms with E-state index in [4.69, 9.17) is 14.2 Å². The Morgan fingerprint density at radius 3 is 0.867 bits per heavy atom. The molecule has 0 saturated heterocycles. The van der Waals surface area contributed by atoms with E-state index in [1.165, 1.54) is 186 Å². The Labute approximate surface area is 374 Å². The predicted octanol–water partition coefficient (Wildman–Crippen LogP) is 17.3. The Morgan fingerprint density at radius 2 is 0.583 bits per heavy atom. The summed E-state index contributed by atoms with van der Waals surface area (Å²) in [5.74, 6) is 0.916. The Hall–Kier alpha value is -1.59. The predicted molar refractivity (Wildman–Crippen MR) is 256 cm³/mol. The quantitative estimate of drug-likeness (QED) is 0.0345. The van der Waals surface area contributed by atoms with Gasteiger partial charge in [-0.2, -0.15) is 0 Å². The fraction of sp³-hybridized carbons (Fsp3) is 0.944. The molecule has 0 aliphatic carbocycles. The molecule has 0 fully saturated rings. The van der Waals surface area contributed by atoms with Crippen LogP contribution in [0.2, 0.25) is 0 Å². The molecule has 0 spiro atoms. The van der Waals surface area contributed by atoms with Gasteiger partial charge in [0.25, 0.3) is 0 Å². The average molecular weight is 849 g/mol. The zero-order valence-electron chi connectivity index (χ0n) is 41.1. The third kappa shape index (κ3) is 44.5. The molecule has 356 valence electrons. The molecule has 2 unspecified atom stereocenters. The third-order valence-corrected chi connectivity index (χ3v) is 12.9. The third-order valence-electron chi connectivity index (χ3n) is 12.9. The number of rotatable bonds is 48. The minimum Gasteiger partial charge on any atom is -0.462 e. The lowest BCUT2D eigenvalue weighted by molar-refractivity contribution is -0.167. The second-order valence-corrected chi connectivity index (χ2v) is 19.0. The van der Waals surface area contributed by atoms with Gasteiger partial charge in [-0.3, -0.25) is 14.4 Å². The summed E-state index contributed by atoms with van der Waals surface area (Å²) in [6.07, 6.45) is 47.9. The van der Waals surface area contributed by atoms with Gasteiger partial charge in [-0.25, -0.2) is 0 Å². The summed E-state index contributed by atoms with van der Waals surface area (Å²) >= 11 is 0. The minimum atomic E-state index is -0.761. The number of carbonyl (C=O) groups excluding carboxylic acids is 3.